The Morgan fingerprint density at radius 3 is 2.25 bits per heavy atom. The van der Waals surface area contributed by atoms with Crippen molar-refractivity contribution in [2.75, 3.05) is 26.2 Å². The first-order chi connectivity index (χ1) is 13.6. The van der Waals surface area contributed by atoms with Gasteiger partial charge in [0, 0.05) is 50.5 Å². The molecule has 1 amide bonds. The van der Waals surface area contributed by atoms with Gasteiger partial charge in [0.2, 0.25) is 15.9 Å². The van der Waals surface area contributed by atoms with Gasteiger partial charge < -0.3 is 9.47 Å². The van der Waals surface area contributed by atoms with E-state index in [2.05, 4.69) is 9.55 Å². The summed E-state index contributed by atoms with van der Waals surface area (Å²) in [6, 6.07) is 8.92. The Kier molecular flexibility index (Phi) is 5.50. The largest absolute Gasteiger partial charge is 0.342 e. The van der Waals surface area contributed by atoms with E-state index in [-0.39, 0.29) is 11.8 Å². The summed E-state index contributed by atoms with van der Waals surface area (Å²) in [7, 11) is -3.47. The molecular formula is C20H26N4O3S. The Bertz CT molecular complexity index is 883. The third-order valence-corrected chi connectivity index (χ3v) is 7.82. The van der Waals surface area contributed by atoms with Gasteiger partial charge in [-0.2, -0.15) is 4.31 Å². The van der Waals surface area contributed by atoms with Crippen LogP contribution in [0.4, 0.5) is 0 Å². The quantitative estimate of drug-likeness (QED) is 0.785. The van der Waals surface area contributed by atoms with E-state index < -0.39 is 10.0 Å². The highest BCUT2D eigenvalue weighted by Crippen LogP contribution is 2.28. The average Bonchev–Trinajstić information content (AvgIpc) is 3.29. The molecule has 0 atom stereocenters. The lowest BCUT2D eigenvalue weighted by Gasteiger charge is -2.37. The molecule has 0 aliphatic carbocycles. The number of likely N-dealkylation sites (tertiary alicyclic amines) is 1. The molecule has 0 bridgehead atoms. The normalized spacial score (nSPS) is 20.4. The van der Waals surface area contributed by atoms with Gasteiger partial charge in [0.15, 0.2) is 0 Å². The minimum atomic E-state index is -3.47. The summed E-state index contributed by atoms with van der Waals surface area (Å²) in [5.41, 5.74) is 0. The smallest absolute Gasteiger partial charge is 0.243 e. The number of amides is 1. The maximum absolute atomic E-state index is 12.9. The molecule has 4 rings (SSSR count). The van der Waals surface area contributed by atoms with Crippen LogP contribution in [-0.4, -0.2) is 59.3 Å². The summed E-state index contributed by atoms with van der Waals surface area (Å²) in [4.78, 5) is 19.3. The topological polar surface area (TPSA) is 75.5 Å². The lowest BCUT2D eigenvalue weighted by atomic mass is 9.95. The van der Waals surface area contributed by atoms with Crippen molar-refractivity contribution < 1.29 is 13.2 Å². The summed E-state index contributed by atoms with van der Waals surface area (Å²) >= 11 is 0. The van der Waals surface area contributed by atoms with E-state index in [1.165, 1.54) is 4.31 Å². The van der Waals surface area contributed by atoms with Crippen molar-refractivity contribution in [2.45, 2.75) is 36.6 Å². The molecule has 28 heavy (non-hydrogen) atoms. The van der Waals surface area contributed by atoms with Gasteiger partial charge in [-0.25, -0.2) is 13.4 Å². The van der Waals surface area contributed by atoms with Crippen LogP contribution in [0.15, 0.2) is 53.9 Å². The highest BCUT2D eigenvalue weighted by atomic mass is 32.2. The Labute approximate surface area is 166 Å². The summed E-state index contributed by atoms with van der Waals surface area (Å²) in [6.45, 7) is 2.31. The van der Waals surface area contributed by atoms with E-state index in [9.17, 15) is 13.2 Å². The van der Waals surface area contributed by atoms with Crippen LogP contribution in [-0.2, 0) is 14.8 Å². The van der Waals surface area contributed by atoms with Gasteiger partial charge in [-0.05, 0) is 37.8 Å². The van der Waals surface area contributed by atoms with Crippen LogP contribution in [0.2, 0.25) is 0 Å². The van der Waals surface area contributed by atoms with Gasteiger partial charge in [0.25, 0.3) is 0 Å². The second kappa shape index (κ2) is 8.05. The molecule has 2 aliphatic rings. The molecular weight excluding hydrogens is 376 g/mol. The number of aromatic nitrogens is 2. The number of sulfonamides is 1. The van der Waals surface area contributed by atoms with Gasteiger partial charge in [-0.3, -0.25) is 4.79 Å². The Balaban J connectivity index is 1.31. The van der Waals surface area contributed by atoms with Crippen molar-refractivity contribution in [1.82, 2.24) is 18.8 Å². The van der Waals surface area contributed by atoms with E-state index in [4.69, 9.17) is 0 Å². The van der Waals surface area contributed by atoms with Crippen molar-refractivity contribution in [1.29, 1.82) is 0 Å². The molecule has 8 heteroatoms. The van der Waals surface area contributed by atoms with E-state index in [0.717, 1.165) is 25.9 Å². The number of benzene rings is 1. The molecule has 150 valence electrons. The van der Waals surface area contributed by atoms with E-state index in [1.807, 2.05) is 17.4 Å². The van der Waals surface area contributed by atoms with Crippen LogP contribution < -0.4 is 0 Å². The molecule has 1 aromatic carbocycles. The zero-order valence-electron chi connectivity index (χ0n) is 15.9. The first-order valence-corrected chi connectivity index (χ1v) is 11.3. The molecule has 0 radical (unpaired) electrons. The zero-order chi connectivity index (χ0) is 19.6. The van der Waals surface area contributed by atoms with E-state index in [0.29, 0.717) is 36.9 Å². The van der Waals surface area contributed by atoms with Gasteiger partial charge in [-0.15, -0.1) is 0 Å². The number of nitrogens with zero attached hydrogens (tertiary/aromatic N) is 4. The van der Waals surface area contributed by atoms with Crippen LogP contribution in [0.5, 0.6) is 0 Å². The lowest BCUT2D eigenvalue weighted by molar-refractivity contribution is -0.138. The molecule has 0 saturated carbocycles. The molecule has 7 nitrogen and oxygen atoms in total. The average molecular weight is 403 g/mol. The fourth-order valence-corrected chi connectivity index (χ4v) is 5.70. The van der Waals surface area contributed by atoms with E-state index >= 15 is 0 Å². The van der Waals surface area contributed by atoms with Crippen molar-refractivity contribution >= 4 is 15.9 Å². The highest BCUT2D eigenvalue weighted by molar-refractivity contribution is 7.89. The molecule has 3 heterocycles. The summed E-state index contributed by atoms with van der Waals surface area (Å²) < 4.78 is 29.1. The number of hydrogen-bond acceptors (Lipinski definition) is 4. The van der Waals surface area contributed by atoms with Gasteiger partial charge in [0.1, 0.15) is 0 Å². The van der Waals surface area contributed by atoms with Crippen LogP contribution in [0, 0.1) is 5.92 Å². The first-order valence-electron chi connectivity index (χ1n) is 9.87. The predicted molar refractivity (Wildman–Crippen MR) is 105 cm³/mol. The first kappa shape index (κ1) is 19.1. The van der Waals surface area contributed by atoms with Crippen molar-refractivity contribution in [2.24, 2.45) is 5.92 Å². The minimum Gasteiger partial charge on any atom is -0.342 e. The minimum absolute atomic E-state index is 0.0768. The molecule has 2 saturated heterocycles. The number of imidazole rings is 1. The van der Waals surface area contributed by atoms with Gasteiger partial charge >= 0.3 is 0 Å². The van der Waals surface area contributed by atoms with Crippen molar-refractivity contribution in [3.05, 3.63) is 49.1 Å². The fourth-order valence-electron chi connectivity index (χ4n) is 4.21. The molecule has 2 aromatic rings. The summed E-state index contributed by atoms with van der Waals surface area (Å²) in [5, 5.41) is 0. The Hall–Kier alpha value is -2.19. The second-order valence-electron chi connectivity index (χ2n) is 7.56. The van der Waals surface area contributed by atoms with E-state index in [1.54, 1.807) is 36.5 Å². The van der Waals surface area contributed by atoms with Crippen LogP contribution >= 0.6 is 0 Å². The molecule has 2 aliphatic heterocycles. The van der Waals surface area contributed by atoms with Gasteiger partial charge in [0.05, 0.1) is 11.2 Å². The SMILES string of the molecule is O=C(C1CCN(S(=O)(=O)c2ccccc2)CC1)N1CCC(n2ccnc2)CC1. The Morgan fingerprint density at radius 1 is 0.964 bits per heavy atom. The number of carbonyl (C=O) groups excluding carboxylic acids is 1. The monoisotopic (exact) mass is 402 g/mol. The maximum atomic E-state index is 12.9. The fraction of sp³-hybridized carbons (Fsp3) is 0.500. The van der Waals surface area contributed by atoms with Crippen molar-refractivity contribution in [3.63, 3.8) is 0 Å². The van der Waals surface area contributed by atoms with Crippen LogP contribution in [0.1, 0.15) is 31.7 Å². The standard InChI is InChI=1S/C20H26N4O3S/c25-20(22-11-8-18(9-12-22)23-15-10-21-16-23)17-6-13-24(14-7-17)28(26,27)19-4-2-1-3-5-19/h1-5,10,15-18H,6-9,11-14H2. The third kappa shape index (κ3) is 3.84. The molecule has 2 fully saturated rings. The number of carbonyl (C=O) groups is 1. The number of rotatable bonds is 4. The van der Waals surface area contributed by atoms with Crippen molar-refractivity contribution in [3.8, 4) is 0 Å². The summed E-state index contributed by atoms with van der Waals surface area (Å²) in [5.74, 6) is 0.104. The highest BCUT2D eigenvalue weighted by Gasteiger charge is 2.34. The number of hydrogen-bond donors (Lipinski definition) is 0. The van der Waals surface area contributed by atoms with Crippen LogP contribution in [0.3, 0.4) is 0 Å². The molecule has 0 unspecified atom stereocenters. The number of piperidine rings is 2. The molecule has 0 N–H and O–H groups in total. The van der Waals surface area contributed by atoms with Gasteiger partial charge in [-0.1, -0.05) is 18.2 Å². The maximum Gasteiger partial charge on any atom is 0.243 e. The third-order valence-electron chi connectivity index (χ3n) is 5.91. The second-order valence-corrected chi connectivity index (χ2v) is 9.50. The Morgan fingerprint density at radius 2 is 1.64 bits per heavy atom. The molecule has 1 aromatic heterocycles. The lowest BCUT2D eigenvalue weighted by Crippen LogP contribution is -2.46. The predicted octanol–water partition coefficient (Wildman–Crippen LogP) is 2.15. The molecule has 0 spiro atoms. The van der Waals surface area contributed by atoms with Crippen LogP contribution in [0.25, 0.3) is 0 Å². The zero-order valence-corrected chi connectivity index (χ0v) is 16.7. The summed E-state index contributed by atoms with van der Waals surface area (Å²) in [6.07, 6.45) is 8.65.